The summed E-state index contributed by atoms with van der Waals surface area (Å²) in [5.41, 5.74) is 3.03. The number of nitrogens with one attached hydrogen (secondary N) is 1. The fourth-order valence-corrected chi connectivity index (χ4v) is 1.54. The number of carbonyl (C=O) groups excluding carboxylic acids is 1. The van der Waals surface area contributed by atoms with E-state index in [2.05, 4.69) is 5.32 Å². The molecule has 4 nitrogen and oxygen atoms in total. The van der Waals surface area contributed by atoms with Gasteiger partial charge in [-0.1, -0.05) is 18.2 Å². The molecule has 0 saturated heterocycles. The Morgan fingerprint density at radius 2 is 1.94 bits per heavy atom. The van der Waals surface area contributed by atoms with Crippen molar-refractivity contribution in [2.45, 2.75) is 13.8 Å². The number of nitrogens with zero attached hydrogens (tertiary/aromatic N) is 1. The quantitative estimate of drug-likeness (QED) is 0.872. The summed E-state index contributed by atoms with van der Waals surface area (Å²) in [6, 6.07) is 5.84. The summed E-state index contributed by atoms with van der Waals surface area (Å²) in [6.45, 7) is 5.08. The van der Waals surface area contributed by atoms with Crippen molar-refractivity contribution in [3.63, 3.8) is 0 Å². The number of rotatable bonds is 4. The predicted octanol–water partition coefficient (Wildman–Crippen LogP) is 2.41. The van der Waals surface area contributed by atoms with Crippen LogP contribution in [-0.2, 0) is 4.74 Å². The van der Waals surface area contributed by atoms with Crippen LogP contribution < -0.4 is 5.32 Å². The third kappa shape index (κ3) is 3.75. The van der Waals surface area contributed by atoms with Gasteiger partial charge in [-0.3, -0.25) is 0 Å². The molecule has 0 aliphatic heterocycles. The van der Waals surface area contributed by atoms with Crippen molar-refractivity contribution in [2.75, 3.05) is 32.6 Å². The molecule has 0 saturated carbocycles. The van der Waals surface area contributed by atoms with Crippen LogP contribution in [0.3, 0.4) is 0 Å². The Balaban J connectivity index is 2.68. The van der Waals surface area contributed by atoms with Gasteiger partial charge in [0.2, 0.25) is 0 Å². The van der Waals surface area contributed by atoms with E-state index in [0.717, 1.165) is 16.8 Å². The molecule has 4 heteroatoms. The van der Waals surface area contributed by atoms with Gasteiger partial charge in [-0.15, -0.1) is 0 Å². The van der Waals surface area contributed by atoms with E-state index in [1.54, 1.807) is 19.1 Å². The fraction of sp³-hybridized carbons (Fsp3) is 0.462. The lowest BCUT2D eigenvalue weighted by atomic mass is 10.1. The second-order valence-electron chi connectivity index (χ2n) is 4.11. The van der Waals surface area contributed by atoms with E-state index in [9.17, 15) is 4.79 Å². The normalized spacial score (nSPS) is 10.1. The highest BCUT2D eigenvalue weighted by atomic mass is 16.5. The summed E-state index contributed by atoms with van der Waals surface area (Å²) >= 11 is 0. The molecule has 0 aliphatic rings. The first kappa shape index (κ1) is 13.5. The van der Waals surface area contributed by atoms with Crippen LogP contribution in [0.4, 0.5) is 10.5 Å². The summed E-state index contributed by atoms with van der Waals surface area (Å²) in [6.07, 6.45) is 0. The molecular formula is C13H20N2O2. The lowest BCUT2D eigenvalue weighted by molar-refractivity contribution is 0.165. The van der Waals surface area contributed by atoms with E-state index in [1.165, 1.54) is 0 Å². The van der Waals surface area contributed by atoms with Crippen molar-refractivity contribution in [3.8, 4) is 0 Å². The monoisotopic (exact) mass is 236 g/mol. The van der Waals surface area contributed by atoms with Crippen molar-refractivity contribution in [1.82, 2.24) is 4.90 Å². The molecule has 0 aliphatic carbocycles. The largest absolute Gasteiger partial charge is 0.383 e. The standard InChI is InChI=1S/C13H20N2O2/c1-10-6-5-7-11(2)12(10)14-13(16)15(3)8-9-17-4/h5-7H,8-9H2,1-4H3,(H,14,16). The van der Waals surface area contributed by atoms with Crippen LogP contribution in [0.2, 0.25) is 0 Å². The molecule has 1 aromatic rings. The number of likely N-dealkylation sites (N-methyl/N-ethyl adjacent to an activating group) is 1. The van der Waals surface area contributed by atoms with Gasteiger partial charge in [0.1, 0.15) is 0 Å². The van der Waals surface area contributed by atoms with E-state index < -0.39 is 0 Å². The van der Waals surface area contributed by atoms with Crippen molar-refractivity contribution in [2.24, 2.45) is 0 Å². The Kier molecular flexibility index (Phi) is 4.97. The molecule has 1 aromatic carbocycles. The molecule has 1 rings (SSSR count). The first-order valence-corrected chi connectivity index (χ1v) is 5.63. The molecule has 94 valence electrons. The molecule has 0 aromatic heterocycles. The minimum absolute atomic E-state index is 0.112. The van der Waals surface area contributed by atoms with Gasteiger partial charge < -0.3 is 15.0 Å². The van der Waals surface area contributed by atoms with Crippen LogP contribution >= 0.6 is 0 Å². The first-order valence-electron chi connectivity index (χ1n) is 5.63. The molecular weight excluding hydrogens is 216 g/mol. The molecule has 2 amide bonds. The molecule has 0 heterocycles. The maximum absolute atomic E-state index is 11.9. The zero-order valence-electron chi connectivity index (χ0n) is 10.9. The zero-order chi connectivity index (χ0) is 12.8. The molecule has 0 atom stereocenters. The van der Waals surface area contributed by atoms with Gasteiger partial charge in [-0.25, -0.2) is 4.79 Å². The molecule has 0 unspecified atom stereocenters. The molecule has 0 fully saturated rings. The first-order chi connectivity index (χ1) is 8.06. The van der Waals surface area contributed by atoms with E-state index in [4.69, 9.17) is 4.74 Å². The molecule has 17 heavy (non-hydrogen) atoms. The second kappa shape index (κ2) is 6.25. The topological polar surface area (TPSA) is 41.6 Å². The summed E-state index contributed by atoms with van der Waals surface area (Å²) in [4.78, 5) is 13.5. The van der Waals surface area contributed by atoms with Crippen molar-refractivity contribution >= 4 is 11.7 Å². The van der Waals surface area contributed by atoms with Crippen LogP contribution in [0.25, 0.3) is 0 Å². The van der Waals surface area contributed by atoms with E-state index >= 15 is 0 Å². The maximum Gasteiger partial charge on any atom is 0.321 e. The van der Waals surface area contributed by atoms with Crippen LogP contribution in [0.15, 0.2) is 18.2 Å². The number of para-hydroxylation sites is 1. The van der Waals surface area contributed by atoms with E-state index in [1.807, 2.05) is 32.0 Å². The highest BCUT2D eigenvalue weighted by molar-refractivity contribution is 5.90. The van der Waals surface area contributed by atoms with Crippen molar-refractivity contribution in [3.05, 3.63) is 29.3 Å². The highest BCUT2D eigenvalue weighted by Crippen LogP contribution is 2.19. The SMILES string of the molecule is COCCN(C)C(=O)Nc1c(C)cccc1C. The smallest absolute Gasteiger partial charge is 0.321 e. The number of carbonyl (C=O) groups is 1. The van der Waals surface area contributed by atoms with Crippen LogP contribution in [0.1, 0.15) is 11.1 Å². The Bertz CT molecular complexity index is 371. The number of aryl methyl sites for hydroxylation is 2. The minimum Gasteiger partial charge on any atom is -0.383 e. The molecule has 0 radical (unpaired) electrons. The van der Waals surface area contributed by atoms with Gasteiger partial charge in [0.25, 0.3) is 0 Å². The van der Waals surface area contributed by atoms with Crippen molar-refractivity contribution in [1.29, 1.82) is 0 Å². The average Bonchev–Trinajstić information content (AvgIpc) is 2.30. The highest BCUT2D eigenvalue weighted by Gasteiger charge is 2.10. The predicted molar refractivity (Wildman–Crippen MR) is 69.4 cm³/mol. The Labute approximate surface area is 103 Å². The number of urea groups is 1. The number of anilines is 1. The lowest BCUT2D eigenvalue weighted by Crippen LogP contribution is -2.34. The van der Waals surface area contributed by atoms with Crippen LogP contribution in [-0.4, -0.2) is 38.2 Å². The second-order valence-corrected chi connectivity index (χ2v) is 4.11. The maximum atomic E-state index is 11.9. The third-order valence-electron chi connectivity index (χ3n) is 2.69. The number of methoxy groups -OCH3 is 1. The number of hydrogen-bond acceptors (Lipinski definition) is 2. The summed E-state index contributed by atoms with van der Waals surface area (Å²) in [7, 11) is 3.37. The van der Waals surface area contributed by atoms with E-state index in [0.29, 0.717) is 13.2 Å². The molecule has 0 spiro atoms. The summed E-state index contributed by atoms with van der Waals surface area (Å²) < 4.78 is 4.94. The average molecular weight is 236 g/mol. The zero-order valence-corrected chi connectivity index (χ0v) is 10.9. The lowest BCUT2D eigenvalue weighted by Gasteiger charge is -2.19. The molecule has 1 N–H and O–H groups in total. The summed E-state index contributed by atoms with van der Waals surface area (Å²) in [5, 5.41) is 2.92. The van der Waals surface area contributed by atoms with Gasteiger partial charge in [0.05, 0.1) is 6.61 Å². The van der Waals surface area contributed by atoms with Gasteiger partial charge in [0.15, 0.2) is 0 Å². The fourth-order valence-electron chi connectivity index (χ4n) is 1.54. The van der Waals surface area contributed by atoms with Gasteiger partial charge >= 0.3 is 6.03 Å². The van der Waals surface area contributed by atoms with Gasteiger partial charge in [0, 0.05) is 26.4 Å². The Hall–Kier alpha value is -1.55. The van der Waals surface area contributed by atoms with Crippen molar-refractivity contribution < 1.29 is 9.53 Å². The van der Waals surface area contributed by atoms with Crippen LogP contribution in [0, 0.1) is 13.8 Å². The number of hydrogen-bond donors (Lipinski definition) is 1. The van der Waals surface area contributed by atoms with Gasteiger partial charge in [-0.05, 0) is 25.0 Å². The number of ether oxygens (including phenoxy) is 1. The number of amides is 2. The number of benzene rings is 1. The minimum atomic E-state index is -0.112. The Morgan fingerprint density at radius 1 is 1.35 bits per heavy atom. The third-order valence-corrected chi connectivity index (χ3v) is 2.69. The Morgan fingerprint density at radius 3 is 2.47 bits per heavy atom. The summed E-state index contributed by atoms with van der Waals surface area (Å²) in [5.74, 6) is 0. The van der Waals surface area contributed by atoms with E-state index in [-0.39, 0.29) is 6.03 Å². The van der Waals surface area contributed by atoms with Gasteiger partial charge in [-0.2, -0.15) is 0 Å². The van der Waals surface area contributed by atoms with Crippen LogP contribution in [0.5, 0.6) is 0 Å². The molecule has 0 bridgehead atoms.